The highest BCUT2D eigenvalue weighted by Crippen LogP contribution is 2.16. The number of sulfonamides is 1. The molecular formula is C18H29N3O4S. The Morgan fingerprint density at radius 2 is 1.54 bits per heavy atom. The van der Waals surface area contributed by atoms with Gasteiger partial charge in [-0.2, -0.15) is 4.31 Å². The molecule has 0 radical (unpaired) electrons. The zero-order valence-electron chi connectivity index (χ0n) is 15.9. The second kappa shape index (κ2) is 10.3. The van der Waals surface area contributed by atoms with Crippen LogP contribution < -0.4 is 10.6 Å². The lowest BCUT2D eigenvalue weighted by molar-refractivity contribution is -0.120. The number of carbonyl (C=O) groups is 2. The number of carbonyl (C=O) groups excluding carboxylic acids is 2. The van der Waals surface area contributed by atoms with Gasteiger partial charge in [0.15, 0.2) is 0 Å². The van der Waals surface area contributed by atoms with E-state index in [4.69, 9.17) is 0 Å². The molecule has 0 saturated carbocycles. The zero-order chi connectivity index (χ0) is 19.7. The van der Waals surface area contributed by atoms with Crippen LogP contribution >= 0.6 is 0 Å². The summed E-state index contributed by atoms with van der Waals surface area (Å²) in [6, 6.07) is 5.82. The lowest BCUT2D eigenvalue weighted by Gasteiger charge is -2.18. The molecule has 8 heteroatoms. The topological polar surface area (TPSA) is 95.6 Å². The van der Waals surface area contributed by atoms with Crippen molar-refractivity contribution in [3.05, 3.63) is 29.8 Å². The third kappa shape index (κ3) is 5.81. The predicted octanol–water partition coefficient (Wildman–Crippen LogP) is 1.75. The highest BCUT2D eigenvalue weighted by Gasteiger charge is 2.21. The first-order valence-electron chi connectivity index (χ1n) is 8.97. The van der Waals surface area contributed by atoms with Crippen LogP contribution in [0.25, 0.3) is 0 Å². The molecule has 1 aromatic rings. The molecule has 7 nitrogen and oxygen atoms in total. The molecule has 1 rings (SSSR count). The smallest absolute Gasteiger partial charge is 0.251 e. The fourth-order valence-corrected chi connectivity index (χ4v) is 3.98. The highest BCUT2D eigenvalue weighted by atomic mass is 32.2. The minimum Gasteiger partial charge on any atom is -0.352 e. The van der Waals surface area contributed by atoms with Gasteiger partial charge in [0, 0.05) is 24.7 Å². The third-order valence-electron chi connectivity index (χ3n) is 4.22. The van der Waals surface area contributed by atoms with Crippen LogP contribution in [0.4, 0.5) is 0 Å². The molecule has 0 aromatic heterocycles. The number of amides is 2. The van der Waals surface area contributed by atoms with Crippen LogP contribution in [0.3, 0.4) is 0 Å². The van der Waals surface area contributed by atoms with Crippen molar-refractivity contribution >= 4 is 21.8 Å². The van der Waals surface area contributed by atoms with E-state index >= 15 is 0 Å². The van der Waals surface area contributed by atoms with Gasteiger partial charge in [-0.05, 0) is 37.1 Å². The summed E-state index contributed by atoms with van der Waals surface area (Å²) in [4.78, 5) is 24.1. The minimum absolute atomic E-state index is 0.101. The maximum Gasteiger partial charge on any atom is 0.251 e. The monoisotopic (exact) mass is 383 g/mol. The fraction of sp³-hybridized carbons (Fsp3) is 0.556. The molecule has 0 aliphatic heterocycles. The first-order valence-corrected chi connectivity index (χ1v) is 10.4. The molecule has 1 aromatic carbocycles. The van der Waals surface area contributed by atoms with Crippen molar-refractivity contribution < 1.29 is 18.0 Å². The summed E-state index contributed by atoms with van der Waals surface area (Å²) in [7, 11) is -3.55. The fourth-order valence-electron chi connectivity index (χ4n) is 2.52. The van der Waals surface area contributed by atoms with Crippen molar-refractivity contribution in [2.45, 2.75) is 51.5 Å². The Morgan fingerprint density at radius 1 is 1.00 bits per heavy atom. The van der Waals surface area contributed by atoms with Crippen molar-refractivity contribution in [2.24, 2.45) is 0 Å². The first kappa shape index (κ1) is 22.1. The van der Waals surface area contributed by atoms with Crippen LogP contribution in [0.2, 0.25) is 0 Å². The Morgan fingerprint density at radius 3 is 2.00 bits per heavy atom. The molecule has 2 amide bonds. The van der Waals surface area contributed by atoms with Crippen LogP contribution in [0, 0.1) is 0 Å². The summed E-state index contributed by atoms with van der Waals surface area (Å²) < 4.78 is 26.2. The number of nitrogens with one attached hydrogen (secondary N) is 2. The highest BCUT2D eigenvalue weighted by molar-refractivity contribution is 7.89. The van der Waals surface area contributed by atoms with Gasteiger partial charge in [-0.3, -0.25) is 9.59 Å². The van der Waals surface area contributed by atoms with Gasteiger partial charge in [-0.1, -0.05) is 27.7 Å². The van der Waals surface area contributed by atoms with Crippen LogP contribution in [-0.2, 0) is 14.8 Å². The largest absolute Gasteiger partial charge is 0.352 e. The van der Waals surface area contributed by atoms with E-state index in [2.05, 4.69) is 10.6 Å². The molecule has 0 fully saturated rings. The van der Waals surface area contributed by atoms with E-state index in [9.17, 15) is 18.0 Å². The number of rotatable bonds is 10. The Kier molecular flexibility index (Phi) is 8.74. The average molecular weight is 384 g/mol. The molecule has 0 heterocycles. The standard InChI is InChI=1S/C18H29N3O4S/c1-5-15(6-2)20-17(22)13-19-18(23)14-9-11-16(12-10-14)26(24,25)21(7-3)8-4/h9-12,15H,5-8,13H2,1-4H3,(H,19,23)(H,20,22). The molecule has 0 bridgehead atoms. The summed E-state index contributed by atoms with van der Waals surface area (Å²) in [5.41, 5.74) is 0.304. The molecule has 146 valence electrons. The van der Waals surface area contributed by atoms with E-state index in [0.717, 1.165) is 12.8 Å². The molecule has 0 unspecified atom stereocenters. The van der Waals surface area contributed by atoms with Crippen LogP contribution in [-0.4, -0.2) is 50.2 Å². The minimum atomic E-state index is -3.55. The molecule has 0 atom stereocenters. The summed E-state index contributed by atoms with van der Waals surface area (Å²) >= 11 is 0. The van der Waals surface area contributed by atoms with Crippen molar-refractivity contribution in [3.8, 4) is 0 Å². The predicted molar refractivity (Wildman–Crippen MR) is 101 cm³/mol. The number of benzene rings is 1. The lowest BCUT2D eigenvalue weighted by Crippen LogP contribution is -2.41. The van der Waals surface area contributed by atoms with Crippen LogP contribution in [0.5, 0.6) is 0 Å². The molecule has 2 N–H and O–H groups in total. The van der Waals surface area contributed by atoms with Gasteiger partial charge in [0.2, 0.25) is 15.9 Å². The summed E-state index contributed by atoms with van der Waals surface area (Å²) in [5, 5.41) is 5.38. The maximum atomic E-state index is 12.4. The molecule has 0 aliphatic carbocycles. The molecule has 0 spiro atoms. The van der Waals surface area contributed by atoms with Gasteiger partial charge in [0.1, 0.15) is 0 Å². The van der Waals surface area contributed by atoms with Gasteiger partial charge < -0.3 is 10.6 Å². The third-order valence-corrected chi connectivity index (χ3v) is 6.28. The number of nitrogens with zero attached hydrogens (tertiary/aromatic N) is 1. The SMILES string of the molecule is CCC(CC)NC(=O)CNC(=O)c1ccc(S(=O)(=O)N(CC)CC)cc1. The molecular weight excluding hydrogens is 354 g/mol. The van der Waals surface area contributed by atoms with E-state index in [-0.39, 0.29) is 23.4 Å². The van der Waals surface area contributed by atoms with Gasteiger partial charge in [0.05, 0.1) is 11.4 Å². The van der Waals surface area contributed by atoms with Gasteiger partial charge in [-0.15, -0.1) is 0 Å². The van der Waals surface area contributed by atoms with Crippen molar-refractivity contribution in [1.82, 2.24) is 14.9 Å². The lowest BCUT2D eigenvalue weighted by atomic mass is 10.2. The van der Waals surface area contributed by atoms with Crippen LogP contribution in [0.15, 0.2) is 29.2 Å². The molecule has 0 saturated heterocycles. The Bertz CT molecular complexity index is 694. The summed E-state index contributed by atoms with van der Waals surface area (Å²) in [5.74, 6) is -0.663. The maximum absolute atomic E-state index is 12.4. The number of hydrogen-bond donors (Lipinski definition) is 2. The normalized spacial score (nSPS) is 11.6. The second-order valence-corrected chi connectivity index (χ2v) is 7.82. The van der Waals surface area contributed by atoms with E-state index in [1.165, 1.54) is 28.6 Å². The summed E-state index contributed by atoms with van der Waals surface area (Å²) in [6.07, 6.45) is 1.66. The average Bonchev–Trinajstić information content (AvgIpc) is 2.65. The second-order valence-electron chi connectivity index (χ2n) is 5.88. The van der Waals surface area contributed by atoms with Crippen LogP contribution in [0.1, 0.15) is 50.9 Å². The molecule has 26 heavy (non-hydrogen) atoms. The Balaban J connectivity index is 2.71. The van der Waals surface area contributed by atoms with E-state index in [1.807, 2.05) is 13.8 Å². The van der Waals surface area contributed by atoms with Gasteiger partial charge in [0.25, 0.3) is 5.91 Å². The van der Waals surface area contributed by atoms with Crippen molar-refractivity contribution in [3.63, 3.8) is 0 Å². The van der Waals surface area contributed by atoms with Crippen molar-refractivity contribution in [2.75, 3.05) is 19.6 Å². The van der Waals surface area contributed by atoms with E-state index < -0.39 is 15.9 Å². The zero-order valence-corrected chi connectivity index (χ0v) is 16.7. The van der Waals surface area contributed by atoms with Gasteiger partial charge in [-0.25, -0.2) is 8.42 Å². The van der Waals surface area contributed by atoms with Crippen molar-refractivity contribution in [1.29, 1.82) is 0 Å². The Hall–Kier alpha value is -1.93. The first-order chi connectivity index (χ1) is 12.3. The number of hydrogen-bond acceptors (Lipinski definition) is 4. The Labute approximate surface area is 156 Å². The summed E-state index contributed by atoms with van der Waals surface area (Å²) in [6.45, 7) is 8.17. The van der Waals surface area contributed by atoms with Gasteiger partial charge >= 0.3 is 0 Å². The quantitative estimate of drug-likeness (QED) is 0.643. The van der Waals surface area contributed by atoms with E-state index in [0.29, 0.717) is 18.7 Å². The van der Waals surface area contributed by atoms with E-state index in [1.54, 1.807) is 13.8 Å². The molecule has 0 aliphatic rings.